The number of rotatable bonds is 5. The van der Waals surface area contributed by atoms with Crippen LogP contribution in [-0.2, 0) is 9.47 Å². The maximum Gasteiger partial charge on any atom is 0.0876 e. The monoisotopic (exact) mass is 239 g/mol. The third-order valence-electron chi connectivity index (χ3n) is 4.03. The van der Waals surface area contributed by atoms with Crippen LogP contribution in [0.2, 0.25) is 0 Å². The lowest BCUT2D eigenvalue weighted by Crippen LogP contribution is -2.51. The fourth-order valence-corrected chi connectivity index (χ4v) is 3.36. The first-order valence-electron chi connectivity index (χ1n) is 6.94. The molecule has 0 bridgehead atoms. The summed E-state index contributed by atoms with van der Waals surface area (Å²) >= 11 is 0. The molecule has 0 saturated heterocycles. The summed E-state index contributed by atoms with van der Waals surface area (Å²) in [6.07, 6.45) is 9.14. The molecule has 1 N–H and O–H groups in total. The first-order valence-corrected chi connectivity index (χ1v) is 6.94. The number of ether oxygens (including phenoxy) is 2. The molecule has 3 nitrogen and oxygen atoms in total. The van der Waals surface area contributed by atoms with Crippen molar-refractivity contribution in [2.75, 3.05) is 20.3 Å². The van der Waals surface area contributed by atoms with Gasteiger partial charge < -0.3 is 14.8 Å². The highest BCUT2D eigenvalue weighted by molar-refractivity contribution is 5.18. The molecule has 1 atom stereocenters. The van der Waals surface area contributed by atoms with Crippen LogP contribution in [0.5, 0.6) is 0 Å². The van der Waals surface area contributed by atoms with Crippen molar-refractivity contribution >= 4 is 0 Å². The summed E-state index contributed by atoms with van der Waals surface area (Å²) in [6, 6.07) is 0.324. The molecule has 1 aliphatic carbocycles. The Morgan fingerprint density at radius 3 is 2.71 bits per heavy atom. The second-order valence-electron chi connectivity index (χ2n) is 5.09. The smallest absolute Gasteiger partial charge is 0.0876 e. The van der Waals surface area contributed by atoms with Gasteiger partial charge in [0.05, 0.1) is 24.5 Å². The third-order valence-corrected chi connectivity index (χ3v) is 4.03. The predicted octanol–water partition coefficient (Wildman–Crippen LogP) is 2.62. The molecule has 0 spiro atoms. The van der Waals surface area contributed by atoms with Crippen LogP contribution in [0.4, 0.5) is 0 Å². The van der Waals surface area contributed by atoms with Crippen LogP contribution < -0.4 is 5.32 Å². The van der Waals surface area contributed by atoms with E-state index in [1.807, 2.05) is 13.3 Å². The highest BCUT2D eigenvalue weighted by atomic mass is 16.5. The van der Waals surface area contributed by atoms with Gasteiger partial charge in [-0.15, -0.1) is 0 Å². The van der Waals surface area contributed by atoms with Crippen LogP contribution in [-0.4, -0.2) is 31.9 Å². The summed E-state index contributed by atoms with van der Waals surface area (Å²) in [5.74, 6) is 0. The van der Waals surface area contributed by atoms with Gasteiger partial charge in [-0.3, -0.25) is 0 Å². The van der Waals surface area contributed by atoms with Crippen molar-refractivity contribution in [1.29, 1.82) is 0 Å². The molecule has 1 aliphatic heterocycles. The van der Waals surface area contributed by atoms with E-state index in [2.05, 4.69) is 12.2 Å². The Morgan fingerprint density at radius 2 is 2.18 bits per heavy atom. The van der Waals surface area contributed by atoms with E-state index in [0.29, 0.717) is 6.04 Å². The van der Waals surface area contributed by atoms with Crippen molar-refractivity contribution in [2.24, 2.45) is 0 Å². The average molecular weight is 239 g/mol. The zero-order valence-corrected chi connectivity index (χ0v) is 11.1. The molecule has 0 aromatic carbocycles. The molecule has 98 valence electrons. The first-order chi connectivity index (χ1) is 8.32. The van der Waals surface area contributed by atoms with Crippen LogP contribution in [0.25, 0.3) is 0 Å². The number of hydrogen-bond donors (Lipinski definition) is 1. The molecule has 0 aromatic rings. The molecule has 1 heterocycles. The quantitative estimate of drug-likeness (QED) is 0.800. The molecule has 17 heavy (non-hydrogen) atoms. The van der Waals surface area contributed by atoms with Crippen molar-refractivity contribution in [3.63, 3.8) is 0 Å². The van der Waals surface area contributed by atoms with Gasteiger partial charge in [0.2, 0.25) is 0 Å². The lowest BCUT2D eigenvalue weighted by Gasteiger charge is -2.39. The van der Waals surface area contributed by atoms with Gasteiger partial charge in [-0.25, -0.2) is 0 Å². The maximum atomic E-state index is 6.14. The molecule has 2 aliphatic rings. The number of nitrogens with one attached hydrogen (secondary N) is 1. The van der Waals surface area contributed by atoms with Crippen LogP contribution in [0, 0.1) is 0 Å². The van der Waals surface area contributed by atoms with E-state index >= 15 is 0 Å². The lowest BCUT2D eigenvalue weighted by molar-refractivity contribution is -0.0533. The van der Waals surface area contributed by atoms with Gasteiger partial charge in [-0.1, -0.05) is 12.8 Å². The fourth-order valence-electron chi connectivity index (χ4n) is 3.36. The van der Waals surface area contributed by atoms with E-state index in [1.54, 1.807) is 0 Å². The van der Waals surface area contributed by atoms with Crippen molar-refractivity contribution in [2.45, 2.75) is 57.1 Å². The molecule has 2 rings (SSSR count). The fraction of sp³-hybridized carbons (Fsp3) is 0.857. The number of hydrogen-bond acceptors (Lipinski definition) is 3. The summed E-state index contributed by atoms with van der Waals surface area (Å²) in [7, 11) is 2.04. The summed E-state index contributed by atoms with van der Waals surface area (Å²) in [5.41, 5.74) is 1.39. The predicted molar refractivity (Wildman–Crippen MR) is 68.9 cm³/mol. The Bertz CT molecular complexity index is 269. The van der Waals surface area contributed by atoms with Crippen LogP contribution in [0.15, 0.2) is 11.8 Å². The second-order valence-corrected chi connectivity index (χ2v) is 5.09. The molecule has 1 unspecified atom stereocenters. The van der Waals surface area contributed by atoms with Crippen molar-refractivity contribution < 1.29 is 9.47 Å². The third kappa shape index (κ3) is 2.66. The summed E-state index contributed by atoms with van der Waals surface area (Å²) in [6.45, 7) is 3.76. The molecule has 1 fully saturated rings. The minimum absolute atomic E-state index is 0.00995. The van der Waals surface area contributed by atoms with Gasteiger partial charge >= 0.3 is 0 Å². The lowest BCUT2D eigenvalue weighted by atomic mass is 9.84. The molecule has 3 heteroatoms. The summed E-state index contributed by atoms with van der Waals surface area (Å²) in [4.78, 5) is 0. The number of likely N-dealkylation sites (N-methyl/N-ethyl adjacent to an activating group) is 1. The van der Waals surface area contributed by atoms with Crippen LogP contribution in [0.3, 0.4) is 0 Å². The van der Waals surface area contributed by atoms with E-state index < -0.39 is 0 Å². The zero-order valence-electron chi connectivity index (χ0n) is 11.1. The highest BCUT2D eigenvalue weighted by Crippen LogP contribution is 2.39. The van der Waals surface area contributed by atoms with E-state index in [9.17, 15) is 0 Å². The van der Waals surface area contributed by atoms with Crippen LogP contribution >= 0.6 is 0 Å². The minimum Gasteiger partial charge on any atom is -0.501 e. The minimum atomic E-state index is 0.00995. The molecular weight excluding hydrogens is 214 g/mol. The van der Waals surface area contributed by atoms with Gasteiger partial charge in [0.15, 0.2) is 0 Å². The largest absolute Gasteiger partial charge is 0.501 e. The summed E-state index contributed by atoms with van der Waals surface area (Å²) < 4.78 is 11.6. The van der Waals surface area contributed by atoms with E-state index in [-0.39, 0.29) is 5.60 Å². The summed E-state index contributed by atoms with van der Waals surface area (Å²) in [5, 5.41) is 3.47. The standard InChI is InChI=1S/C14H25NO2/c1-3-17-14(8-4-5-9-14)13(15-2)12-7-6-10-16-11-12/h11,13,15H,3-10H2,1-2H3. The molecule has 0 aromatic heterocycles. The SMILES string of the molecule is CCOC1(C(NC)C2=COCCC2)CCCC1. The van der Waals surface area contributed by atoms with Gasteiger partial charge in [-0.2, -0.15) is 0 Å². The molecule has 1 saturated carbocycles. The Labute approximate surface area is 105 Å². The first kappa shape index (κ1) is 12.9. The Hall–Kier alpha value is -0.540. The topological polar surface area (TPSA) is 30.5 Å². The Balaban J connectivity index is 2.16. The van der Waals surface area contributed by atoms with Crippen LogP contribution in [0.1, 0.15) is 45.4 Å². The van der Waals surface area contributed by atoms with Gasteiger partial charge in [0.1, 0.15) is 0 Å². The zero-order chi connectivity index (χ0) is 12.1. The van der Waals surface area contributed by atoms with Gasteiger partial charge in [0.25, 0.3) is 0 Å². The molecule has 0 radical (unpaired) electrons. The van der Waals surface area contributed by atoms with Gasteiger partial charge in [-0.05, 0) is 45.2 Å². The Morgan fingerprint density at radius 1 is 1.41 bits per heavy atom. The van der Waals surface area contributed by atoms with E-state index in [1.165, 1.54) is 31.3 Å². The maximum absolute atomic E-state index is 6.14. The van der Waals surface area contributed by atoms with Crippen molar-refractivity contribution in [1.82, 2.24) is 5.32 Å². The van der Waals surface area contributed by atoms with Crippen molar-refractivity contribution in [3.8, 4) is 0 Å². The highest BCUT2D eigenvalue weighted by Gasteiger charge is 2.43. The molecular formula is C14H25NO2. The Kier molecular flexibility index (Phi) is 4.46. The normalized spacial score (nSPS) is 25.2. The van der Waals surface area contributed by atoms with E-state index in [4.69, 9.17) is 9.47 Å². The second kappa shape index (κ2) is 5.87. The van der Waals surface area contributed by atoms with Crippen molar-refractivity contribution in [3.05, 3.63) is 11.8 Å². The molecule has 0 amide bonds. The average Bonchev–Trinajstić information content (AvgIpc) is 2.81. The van der Waals surface area contributed by atoms with Gasteiger partial charge in [0, 0.05) is 6.61 Å². The van der Waals surface area contributed by atoms with E-state index in [0.717, 1.165) is 26.1 Å².